The molecule has 0 aromatic carbocycles. The lowest BCUT2D eigenvalue weighted by atomic mass is 9.91. The lowest BCUT2D eigenvalue weighted by Crippen LogP contribution is -2.41. The summed E-state index contributed by atoms with van der Waals surface area (Å²) in [5.41, 5.74) is 1.53. The van der Waals surface area contributed by atoms with Gasteiger partial charge in [0.25, 0.3) is 5.56 Å². The third-order valence-corrected chi connectivity index (χ3v) is 5.45. The molecule has 0 unspecified atom stereocenters. The van der Waals surface area contributed by atoms with Crippen LogP contribution >= 0.6 is 0 Å². The number of nitrogens with one attached hydrogen (secondary N) is 2. The zero-order valence-electron chi connectivity index (χ0n) is 17.5. The second-order valence-electron chi connectivity index (χ2n) is 8.42. The number of anilines is 1. The lowest BCUT2D eigenvalue weighted by molar-refractivity contribution is -0.124. The van der Waals surface area contributed by atoms with Gasteiger partial charge in [-0.1, -0.05) is 13.8 Å². The molecule has 2 aromatic rings. The van der Waals surface area contributed by atoms with E-state index < -0.39 is 0 Å². The van der Waals surface area contributed by atoms with Crippen LogP contribution in [0.4, 0.5) is 5.95 Å². The number of aromatic nitrogens is 3. The van der Waals surface area contributed by atoms with Crippen molar-refractivity contribution in [1.82, 2.24) is 19.9 Å². The van der Waals surface area contributed by atoms with Crippen LogP contribution in [0.1, 0.15) is 65.0 Å². The molecule has 1 aliphatic rings. The topological polar surface area (TPSA) is 88.9 Å². The van der Waals surface area contributed by atoms with Crippen LogP contribution < -0.4 is 16.2 Å². The molecule has 0 radical (unpaired) electrons. The molecule has 7 nitrogen and oxygen atoms in total. The van der Waals surface area contributed by atoms with E-state index in [9.17, 15) is 9.59 Å². The summed E-state index contributed by atoms with van der Waals surface area (Å²) in [5.74, 6) is 0.696. The Morgan fingerprint density at radius 3 is 2.39 bits per heavy atom. The maximum absolute atomic E-state index is 12.4. The highest BCUT2D eigenvalue weighted by molar-refractivity contribution is 5.79. The molecule has 152 valence electrons. The summed E-state index contributed by atoms with van der Waals surface area (Å²) in [6, 6.07) is 2.19. The zero-order valence-corrected chi connectivity index (χ0v) is 17.5. The molecule has 0 aliphatic heterocycles. The number of carbonyl (C=O) groups excluding carboxylic acids is 1. The van der Waals surface area contributed by atoms with Crippen molar-refractivity contribution in [3.63, 3.8) is 0 Å². The van der Waals surface area contributed by atoms with Crippen molar-refractivity contribution >= 4 is 22.9 Å². The molecule has 2 heterocycles. The van der Waals surface area contributed by atoms with Crippen LogP contribution in [0.15, 0.2) is 17.1 Å². The van der Waals surface area contributed by atoms with Gasteiger partial charge in [0.2, 0.25) is 11.9 Å². The smallest absolute Gasteiger partial charge is 0.252 e. The van der Waals surface area contributed by atoms with Crippen molar-refractivity contribution in [1.29, 1.82) is 0 Å². The molecule has 28 heavy (non-hydrogen) atoms. The Hall–Kier alpha value is -2.44. The molecule has 0 spiro atoms. The van der Waals surface area contributed by atoms with Gasteiger partial charge >= 0.3 is 0 Å². The standard InChI is InChI=1S/C21H31N5O2/c1-12(2)20(28)23-15-6-8-16(9-7-15)24-21-22-11-17-14(5)10-18(27)26(13(3)4)19(17)25-21/h10-13,15-16H,6-9H2,1-5H3,(H,23,28)(H,22,24,25). The molecular formula is C21H31N5O2. The number of fused-ring (bicyclic) bond motifs is 1. The van der Waals surface area contributed by atoms with E-state index in [0.29, 0.717) is 11.6 Å². The highest BCUT2D eigenvalue weighted by Crippen LogP contribution is 2.23. The molecule has 1 saturated carbocycles. The van der Waals surface area contributed by atoms with Gasteiger partial charge < -0.3 is 10.6 Å². The lowest BCUT2D eigenvalue weighted by Gasteiger charge is -2.30. The fourth-order valence-electron chi connectivity index (χ4n) is 3.77. The first-order valence-electron chi connectivity index (χ1n) is 10.2. The van der Waals surface area contributed by atoms with E-state index >= 15 is 0 Å². The van der Waals surface area contributed by atoms with Gasteiger partial charge in [-0.2, -0.15) is 4.98 Å². The minimum atomic E-state index is -0.0361. The van der Waals surface area contributed by atoms with Crippen molar-refractivity contribution in [2.24, 2.45) is 5.92 Å². The summed E-state index contributed by atoms with van der Waals surface area (Å²) in [7, 11) is 0. The highest BCUT2D eigenvalue weighted by Gasteiger charge is 2.24. The van der Waals surface area contributed by atoms with Crippen LogP contribution in [0.3, 0.4) is 0 Å². The van der Waals surface area contributed by atoms with Gasteiger partial charge in [-0.15, -0.1) is 0 Å². The number of carbonyl (C=O) groups is 1. The fraction of sp³-hybridized carbons (Fsp3) is 0.619. The Labute approximate surface area is 166 Å². The minimum Gasteiger partial charge on any atom is -0.353 e. The highest BCUT2D eigenvalue weighted by atomic mass is 16.2. The van der Waals surface area contributed by atoms with Gasteiger partial charge in [0.05, 0.1) is 0 Å². The average Bonchev–Trinajstić information content (AvgIpc) is 2.62. The molecule has 1 amide bonds. The Morgan fingerprint density at radius 1 is 1.14 bits per heavy atom. The van der Waals surface area contributed by atoms with E-state index in [1.807, 2.05) is 34.6 Å². The number of hydrogen-bond donors (Lipinski definition) is 2. The third kappa shape index (κ3) is 4.34. The molecule has 0 bridgehead atoms. The van der Waals surface area contributed by atoms with Gasteiger partial charge in [-0.25, -0.2) is 4.98 Å². The van der Waals surface area contributed by atoms with E-state index in [1.165, 1.54) is 0 Å². The fourth-order valence-corrected chi connectivity index (χ4v) is 3.77. The average molecular weight is 386 g/mol. The molecule has 2 N–H and O–H groups in total. The predicted molar refractivity (Wildman–Crippen MR) is 112 cm³/mol. The minimum absolute atomic E-state index is 0.0175. The van der Waals surface area contributed by atoms with E-state index in [-0.39, 0.29) is 35.5 Å². The first-order valence-corrected chi connectivity index (χ1v) is 10.2. The quantitative estimate of drug-likeness (QED) is 0.825. The van der Waals surface area contributed by atoms with E-state index in [1.54, 1.807) is 16.8 Å². The van der Waals surface area contributed by atoms with Crippen LogP contribution in [-0.4, -0.2) is 32.5 Å². The maximum Gasteiger partial charge on any atom is 0.252 e. The summed E-state index contributed by atoms with van der Waals surface area (Å²) in [5, 5.41) is 7.45. The Balaban J connectivity index is 1.73. The number of hydrogen-bond acceptors (Lipinski definition) is 5. The summed E-state index contributed by atoms with van der Waals surface area (Å²) >= 11 is 0. The van der Waals surface area contributed by atoms with Crippen LogP contribution in [0.5, 0.6) is 0 Å². The molecule has 7 heteroatoms. The molecular weight excluding hydrogens is 354 g/mol. The van der Waals surface area contributed by atoms with Crippen LogP contribution in [0, 0.1) is 12.8 Å². The second-order valence-corrected chi connectivity index (χ2v) is 8.42. The van der Waals surface area contributed by atoms with Crippen molar-refractivity contribution in [3.8, 4) is 0 Å². The number of rotatable bonds is 5. The first-order chi connectivity index (χ1) is 13.3. The van der Waals surface area contributed by atoms with E-state index in [4.69, 9.17) is 0 Å². The van der Waals surface area contributed by atoms with Crippen molar-refractivity contribution in [2.75, 3.05) is 5.32 Å². The van der Waals surface area contributed by atoms with Crippen molar-refractivity contribution in [2.45, 2.75) is 78.4 Å². The SMILES string of the molecule is Cc1cc(=O)n(C(C)C)c2nc(NC3CCC(NC(=O)C(C)C)CC3)ncc12. The monoisotopic (exact) mass is 385 g/mol. The molecule has 1 fully saturated rings. The van der Waals surface area contributed by atoms with Crippen LogP contribution in [-0.2, 0) is 4.79 Å². The van der Waals surface area contributed by atoms with Gasteiger partial charge in [0, 0.05) is 41.7 Å². The second kappa shape index (κ2) is 8.29. The van der Waals surface area contributed by atoms with Crippen LogP contribution in [0.2, 0.25) is 0 Å². The van der Waals surface area contributed by atoms with Gasteiger partial charge in [0.15, 0.2) is 0 Å². The molecule has 1 aliphatic carbocycles. The normalized spacial score (nSPS) is 20.0. The molecule has 0 atom stereocenters. The Kier molecular flexibility index (Phi) is 6.01. The van der Waals surface area contributed by atoms with Crippen molar-refractivity contribution < 1.29 is 4.79 Å². The van der Waals surface area contributed by atoms with E-state index in [2.05, 4.69) is 20.6 Å². The van der Waals surface area contributed by atoms with Gasteiger partial charge in [-0.05, 0) is 52.0 Å². The van der Waals surface area contributed by atoms with Crippen molar-refractivity contribution in [3.05, 3.63) is 28.2 Å². The Bertz CT molecular complexity index is 911. The predicted octanol–water partition coefficient (Wildman–Crippen LogP) is 3.18. The summed E-state index contributed by atoms with van der Waals surface area (Å²) in [6.07, 6.45) is 5.59. The Morgan fingerprint density at radius 2 is 1.79 bits per heavy atom. The van der Waals surface area contributed by atoms with Crippen LogP contribution in [0.25, 0.3) is 11.0 Å². The molecule has 0 saturated heterocycles. The molecule has 2 aromatic heterocycles. The van der Waals surface area contributed by atoms with Gasteiger partial charge in [0.1, 0.15) is 5.65 Å². The first kappa shape index (κ1) is 20.3. The largest absolute Gasteiger partial charge is 0.353 e. The maximum atomic E-state index is 12.4. The summed E-state index contributed by atoms with van der Waals surface area (Å²) < 4.78 is 1.72. The molecule has 3 rings (SSSR count). The number of nitrogens with zero attached hydrogens (tertiary/aromatic N) is 3. The number of aryl methyl sites for hydroxylation is 1. The summed E-state index contributed by atoms with van der Waals surface area (Å²) in [4.78, 5) is 33.4. The zero-order chi connectivity index (χ0) is 20.4. The third-order valence-electron chi connectivity index (χ3n) is 5.45. The summed E-state index contributed by atoms with van der Waals surface area (Å²) in [6.45, 7) is 9.71. The van der Waals surface area contributed by atoms with Gasteiger partial charge in [-0.3, -0.25) is 14.2 Å². The van der Waals surface area contributed by atoms with E-state index in [0.717, 1.165) is 36.6 Å². The number of pyridine rings is 1. The number of amides is 1.